The molecule has 2 aromatic carbocycles. The monoisotopic (exact) mass is 515 g/mol. The first kappa shape index (κ1) is 24.6. The van der Waals surface area contributed by atoms with Crippen LogP contribution in [0.5, 0.6) is 0 Å². The molecule has 2 rings (SSSR count). The highest BCUT2D eigenvalue weighted by atomic mass is 79.9. The second-order valence-electron chi connectivity index (χ2n) is 6.18. The topological polar surface area (TPSA) is 55.4 Å². The first-order valence-corrected chi connectivity index (χ1v) is 9.31. The summed E-state index contributed by atoms with van der Waals surface area (Å²) in [6, 6.07) is 4.38. The molecule has 0 aromatic heterocycles. The van der Waals surface area contributed by atoms with Crippen LogP contribution < -0.4 is 5.32 Å². The molecule has 31 heavy (non-hydrogen) atoms. The lowest BCUT2D eigenvalue weighted by molar-refractivity contribution is -0.143. The van der Waals surface area contributed by atoms with Gasteiger partial charge in [-0.05, 0) is 30.2 Å². The van der Waals surface area contributed by atoms with E-state index < -0.39 is 59.0 Å². The molecule has 0 heterocycles. The molecule has 2 aromatic rings. The largest absolute Gasteiger partial charge is 0.466 e. The number of halogens is 8. The molecule has 1 N–H and O–H groups in total. The summed E-state index contributed by atoms with van der Waals surface area (Å²) >= 11 is 3.16. The fourth-order valence-corrected chi connectivity index (χ4v) is 3.25. The van der Waals surface area contributed by atoms with Gasteiger partial charge in [-0.3, -0.25) is 9.59 Å². The molecule has 0 unspecified atom stereocenters. The van der Waals surface area contributed by atoms with E-state index in [-0.39, 0.29) is 18.6 Å². The average Bonchev–Trinajstić information content (AvgIpc) is 2.62. The lowest BCUT2D eigenvalue weighted by atomic mass is 10.1. The smallest absolute Gasteiger partial charge is 0.422 e. The second kappa shape index (κ2) is 9.67. The SMILES string of the molecule is CCOC(=O)Cc1cc(Br)cc(CC(=O)Nc2c(F)c(F)c(C(F)(F)F)c(F)c2F)c1. The molecule has 0 saturated heterocycles. The molecule has 168 valence electrons. The first-order chi connectivity index (χ1) is 14.3. The van der Waals surface area contributed by atoms with E-state index in [1.165, 1.54) is 12.1 Å². The Kier molecular flexibility index (Phi) is 7.68. The Morgan fingerprint density at radius 1 is 0.935 bits per heavy atom. The van der Waals surface area contributed by atoms with Gasteiger partial charge in [-0.1, -0.05) is 22.0 Å². The van der Waals surface area contributed by atoms with Gasteiger partial charge in [-0.25, -0.2) is 17.6 Å². The number of carbonyl (C=O) groups excluding carboxylic acids is 2. The molecular formula is C19H13BrF7NO3. The van der Waals surface area contributed by atoms with Crippen molar-refractivity contribution in [1.29, 1.82) is 0 Å². The Morgan fingerprint density at radius 3 is 1.94 bits per heavy atom. The third kappa shape index (κ3) is 5.96. The average molecular weight is 516 g/mol. The summed E-state index contributed by atoms with van der Waals surface area (Å²) in [6.45, 7) is 1.76. The maximum atomic E-state index is 13.9. The van der Waals surface area contributed by atoms with E-state index in [9.17, 15) is 40.3 Å². The Bertz CT molecular complexity index is 996. The molecule has 0 bridgehead atoms. The van der Waals surface area contributed by atoms with E-state index in [0.717, 1.165) is 0 Å². The van der Waals surface area contributed by atoms with E-state index in [1.807, 2.05) is 0 Å². The van der Waals surface area contributed by atoms with Gasteiger partial charge in [0, 0.05) is 4.47 Å². The maximum Gasteiger partial charge on any atom is 0.422 e. The predicted octanol–water partition coefficient (Wildman–Crippen LogP) is 5.31. The highest BCUT2D eigenvalue weighted by Gasteiger charge is 2.42. The Hall–Kier alpha value is -2.63. The minimum atomic E-state index is -5.69. The van der Waals surface area contributed by atoms with E-state index in [2.05, 4.69) is 15.9 Å². The number of ether oxygens (including phenoxy) is 1. The molecule has 0 aliphatic heterocycles. The van der Waals surface area contributed by atoms with Crippen molar-refractivity contribution in [3.05, 3.63) is 62.6 Å². The van der Waals surface area contributed by atoms with Crippen LogP contribution >= 0.6 is 15.9 Å². The molecule has 12 heteroatoms. The summed E-state index contributed by atoms with van der Waals surface area (Å²) in [4.78, 5) is 23.7. The highest BCUT2D eigenvalue weighted by molar-refractivity contribution is 9.10. The van der Waals surface area contributed by atoms with Crippen LogP contribution in [0.4, 0.5) is 36.4 Å². The van der Waals surface area contributed by atoms with Crippen molar-refractivity contribution in [2.45, 2.75) is 25.9 Å². The van der Waals surface area contributed by atoms with E-state index in [0.29, 0.717) is 10.0 Å². The van der Waals surface area contributed by atoms with Gasteiger partial charge in [0.25, 0.3) is 0 Å². The summed E-state index contributed by atoms with van der Waals surface area (Å²) in [5.41, 5.74) is -3.76. The van der Waals surface area contributed by atoms with E-state index in [4.69, 9.17) is 4.74 Å². The lowest BCUT2D eigenvalue weighted by Gasteiger charge is -2.15. The van der Waals surface area contributed by atoms with Gasteiger partial charge in [0.05, 0.1) is 19.4 Å². The van der Waals surface area contributed by atoms with Crippen molar-refractivity contribution in [3.8, 4) is 0 Å². The minimum absolute atomic E-state index is 0.138. The standard InChI is InChI=1S/C19H13BrF7NO3/c1-2-31-12(30)7-9-3-8(4-10(20)5-9)6-11(29)28-18-16(23)14(21)13(19(25,26)27)15(22)17(18)24/h3-5H,2,6-7H2,1H3,(H,28,29). The molecule has 1 amide bonds. The number of hydrogen-bond donors (Lipinski definition) is 1. The lowest BCUT2D eigenvalue weighted by Crippen LogP contribution is -2.21. The predicted molar refractivity (Wildman–Crippen MR) is 98.1 cm³/mol. The van der Waals surface area contributed by atoms with Crippen LogP contribution in [0, 0.1) is 23.3 Å². The van der Waals surface area contributed by atoms with Crippen molar-refractivity contribution >= 4 is 33.5 Å². The number of rotatable bonds is 6. The second-order valence-corrected chi connectivity index (χ2v) is 7.09. The third-order valence-electron chi connectivity index (χ3n) is 3.85. The van der Waals surface area contributed by atoms with Crippen molar-refractivity contribution in [2.75, 3.05) is 11.9 Å². The maximum absolute atomic E-state index is 13.9. The Morgan fingerprint density at radius 2 is 1.45 bits per heavy atom. The molecule has 0 aliphatic carbocycles. The van der Waals surface area contributed by atoms with E-state index >= 15 is 0 Å². The van der Waals surface area contributed by atoms with Crippen LogP contribution in [-0.4, -0.2) is 18.5 Å². The van der Waals surface area contributed by atoms with Crippen molar-refractivity contribution in [3.63, 3.8) is 0 Å². The summed E-state index contributed by atoms with van der Waals surface area (Å²) in [7, 11) is 0. The van der Waals surface area contributed by atoms with E-state index in [1.54, 1.807) is 18.3 Å². The third-order valence-corrected chi connectivity index (χ3v) is 4.30. The number of benzene rings is 2. The van der Waals surface area contributed by atoms with Crippen LogP contribution in [0.2, 0.25) is 0 Å². The molecular weight excluding hydrogens is 503 g/mol. The molecule has 0 saturated carbocycles. The summed E-state index contributed by atoms with van der Waals surface area (Å²) in [5, 5.41) is 1.54. The minimum Gasteiger partial charge on any atom is -0.466 e. The van der Waals surface area contributed by atoms with Crippen molar-refractivity contribution in [1.82, 2.24) is 0 Å². The fraction of sp³-hybridized carbons (Fsp3) is 0.263. The quantitative estimate of drug-likeness (QED) is 0.322. The Balaban J connectivity index is 2.28. The number of alkyl halides is 3. The number of nitrogens with one attached hydrogen (secondary N) is 1. The number of amides is 1. The van der Waals surface area contributed by atoms with Crippen molar-refractivity contribution in [2.24, 2.45) is 0 Å². The Labute approximate surface area is 179 Å². The van der Waals surface area contributed by atoms with Gasteiger partial charge in [0.15, 0.2) is 23.3 Å². The first-order valence-electron chi connectivity index (χ1n) is 8.52. The molecule has 0 atom stereocenters. The zero-order chi connectivity index (χ0) is 23.5. The molecule has 0 radical (unpaired) electrons. The van der Waals surface area contributed by atoms with Gasteiger partial charge in [0.1, 0.15) is 11.3 Å². The van der Waals surface area contributed by atoms with Gasteiger partial charge in [0.2, 0.25) is 5.91 Å². The number of carbonyl (C=O) groups is 2. The van der Waals surface area contributed by atoms with Crippen molar-refractivity contribution < 1.29 is 45.1 Å². The van der Waals surface area contributed by atoms with Gasteiger partial charge in [-0.2, -0.15) is 13.2 Å². The molecule has 0 aliphatic rings. The zero-order valence-corrected chi connectivity index (χ0v) is 17.2. The van der Waals surface area contributed by atoms with Crippen LogP contribution in [0.1, 0.15) is 23.6 Å². The normalized spacial score (nSPS) is 11.4. The highest BCUT2D eigenvalue weighted by Crippen LogP contribution is 2.38. The summed E-state index contributed by atoms with van der Waals surface area (Å²) in [6.07, 6.45) is -6.40. The van der Waals surface area contributed by atoms with Crippen LogP contribution in [-0.2, 0) is 33.3 Å². The summed E-state index contributed by atoms with van der Waals surface area (Å²) < 4.78 is 98.3. The number of esters is 1. The van der Waals surface area contributed by atoms with Crippen LogP contribution in [0.15, 0.2) is 22.7 Å². The van der Waals surface area contributed by atoms with Gasteiger partial charge < -0.3 is 10.1 Å². The zero-order valence-electron chi connectivity index (χ0n) is 15.6. The number of hydrogen-bond acceptors (Lipinski definition) is 3. The van der Waals surface area contributed by atoms with Gasteiger partial charge >= 0.3 is 12.1 Å². The number of anilines is 1. The fourth-order valence-electron chi connectivity index (χ4n) is 2.66. The molecule has 0 fully saturated rings. The molecule has 4 nitrogen and oxygen atoms in total. The molecule has 0 spiro atoms. The summed E-state index contributed by atoms with van der Waals surface area (Å²) in [5.74, 6) is -11.9. The van der Waals surface area contributed by atoms with Gasteiger partial charge in [-0.15, -0.1) is 0 Å². The van der Waals surface area contributed by atoms with Crippen LogP contribution in [0.3, 0.4) is 0 Å². The van der Waals surface area contributed by atoms with Crippen LogP contribution in [0.25, 0.3) is 0 Å².